The molecule has 138 valence electrons. The van der Waals surface area contributed by atoms with Gasteiger partial charge in [-0.1, -0.05) is 0 Å². The van der Waals surface area contributed by atoms with Gasteiger partial charge in [-0.15, -0.1) is 0 Å². The van der Waals surface area contributed by atoms with Gasteiger partial charge in [0.25, 0.3) is 0 Å². The van der Waals surface area contributed by atoms with E-state index in [0.29, 0.717) is 18.9 Å². The predicted octanol–water partition coefficient (Wildman–Crippen LogP) is 2.34. The quantitative estimate of drug-likeness (QED) is 0.892. The fourth-order valence-electron chi connectivity index (χ4n) is 4.03. The molecule has 1 aliphatic heterocycles. The number of hydrogen-bond donors (Lipinski definition) is 1. The summed E-state index contributed by atoms with van der Waals surface area (Å²) in [5.74, 6) is 2.69. The minimum absolute atomic E-state index is 0.0495. The van der Waals surface area contributed by atoms with Crippen LogP contribution in [0, 0.1) is 19.8 Å². The lowest BCUT2D eigenvalue weighted by Crippen LogP contribution is -2.27. The Kier molecular flexibility index (Phi) is 4.17. The highest BCUT2D eigenvalue weighted by Crippen LogP contribution is 2.40. The molecule has 2 aliphatic rings. The van der Waals surface area contributed by atoms with Crippen LogP contribution >= 0.6 is 0 Å². The van der Waals surface area contributed by atoms with Gasteiger partial charge in [0.2, 0.25) is 5.91 Å². The first-order valence-electron chi connectivity index (χ1n) is 9.28. The molecule has 1 aliphatic carbocycles. The highest BCUT2D eigenvalue weighted by Gasteiger charge is 2.40. The number of anilines is 1. The zero-order chi connectivity index (χ0) is 18.4. The standard InChI is InChI=1S/C19H26N6O/c1-11-17(12(2)25(4)23-11)18-14(9-16(26)24(18)3)10-21-15-7-8-20-19(22-15)13-5-6-13/h7-8,13-14,18H,5-6,9-10H2,1-4H3,(H,20,21,22)/t14-,18+/m0/s1. The lowest BCUT2D eigenvalue weighted by molar-refractivity contribution is -0.127. The van der Waals surface area contributed by atoms with Crippen LogP contribution in [0.5, 0.6) is 0 Å². The van der Waals surface area contributed by atoms with Gasteiger partial charge >= 0.3 is 0 Å². The summed E-state index contributed by atoms with van der Waals surface area (Å²) in [7, 11) is 3.85. The van der Waals surface area contributed by atoms with Crippen LogP contribution in [-0.4, -0.2) is 44.1 Å². The van der Waals surface area contributed by atoms with Crippen molar-refractivity contribution in [3.8, 4) is 0 Å². The summed E-state index contributed by atoms with van der Waals surface area (Å²) in [6, 6.07) is 1.95. The Balaban J connectivity index is 1.54. The maximum atomic E-state index is 12.4. The average molecular weight is 354 g/mol. The number of aromatic nitrogens is 4. The number of likely N-dealkylation sites (tertiary alicyclic amines) is 1. The highest BCUT2D eigenvalue weighted by atomic mass is 16.2. The Hall–Kier alpha value is -2.44. The fraction of sp³-hybridized carbons (Fsp3) is 0.579. The van der Waals surface area contributed by atoms with Crippen molar-refractivity contribution in [2.45, 2.75) is 45.1 Å². The maximum absolute atomic E-state index is 12.4. The molecule has 3 heterocycles. The molecule has 26 heavy (non-hydrogen) atoms. The van der Waals surface area contributed by atoms with E-state index in [-0.39, 0.29) is 17.9 Å². The van der Waals surface area contributed by atoms with Crippen LogP contribution in [0.3, 0.4) is 0 Å². The van der Waals surface area contributed by atoms with E-state index in [4.69, 9.17) is 0 Å². The van der Waals surface area contributed by atoms with Gasteiger partial charge in [0, 0.05) is 56.4 Å². The van der Waals surface area contributed by atoms with Crippen molar-refractivity contribution >= 4 is 11.7 Å². The van der Waals surface area contributed by atoms with Crippen molar-refractivity contribution in [2.75, 3.05) is 18.9 Å². The summed E-state index contributed by atoms with van der Waals surface area (Å²) in [5.41, 5.74) is 3.30. The summed E-state index contributed by atoms with van der Waals surface area (Å²) in [6.45, 7) is 4.80. The van der Waals surface area contributed by atoms with Gasteiger partial charge in [-0.25, -0.2) is 9.97 Å². The summed E-state index contributed by atoms with van der Waals surface area (Å²) in [5, 5.41) is 7.98. The molecule has 1 saturated heterocycles. The van der Waals surface area contributed by atoms with Gasteiger partial charge in [-0.2, -0.15) is 5.10 Å². The molecule has 2 atom stereocenters. The first-order chi connectivity index (χ1) is 12.5. The zero-order valence-corrected chi connectivity index (χ0v) is 15.9. The Bertz CT molecular complexity index is 841. The van der Waals surface area contributed by atoms with Gasteiger partial charge in [-0.3, -0.25) is 9.48 Å². The van der Waals surface area contributed by atoms with Gasteiger partial charge in [0.05, 0.1) is 11.7 Å². The topological polar surface area (TPSA) is 75.9 Å². The van der Waals surface area contributed by atoms with Crippen LogP contribution in [-0.2, 0) is 11.8 Å². The molecule has 7 heteroatoms. The number of nitrogens with one attached hydrogen (secondary N) is 1. The van der Waals surface area contributed by atoms with Crippen molar-refractivity contribution in [1.29, 1.82) is 0 Å². The summed E-state index contributed by atoms with van der Waals surface area (Å²) >= 11 is 0. The molecule has 1 amide bonds. The third kappa shape index (κ3) is 2.95. The normalized spacial score (nSPS) is 22.9. The molecule has 7 nitrogen and oxygen atoms in total. The molecule has 0 bridgehead atoms. The SMILES string of the molecule is Cc1nn(C)c(C)c1[C@H]1[C@H](CNc2ccnc(C3CC3)n2)CC(=O)N1C. The Morgan fingerprint density at radius 1 is 1.27 bits per heavy atom. The molecule has 0 spiro atoms. The van der Waals surface area contributed by atoms with E-state index >= 15 is 0 Å². The predicted molar refractivity (Wildman–Crippen MR) is 98.8 cm³/mol. The number of carbonyl (C=O) groups excluding carboxylic acids is 1. The van der Waals surface area contributed by atoms with Gasteiger partial charge in [0.15, 0.2) is 0 Å². The highest BCUT2D eigenvalue weighted by molar-refractivity contribution is 5.79. The third-order valence-electron chi connectivity index (χ3n) is 5.72. The minimum Gasteiger partial charge on any atom is -0.370 e. The van der Waals surface area contributed by atoms with Crippen LogP contribution in [0.15, 0.2) is 12.3 Å². The largest absolute Gasteiger partial charge is 0.370 e. The molecule has 2 aromatic heterocycles. The first-order valence-corrected chi connectivity index (χ1v) is 9.28. The van der Waals surface area contributed by atoms with E-state index in [2.05, 4.69) is 27.3 Å². The van der Waals surface area contributed by atoms with Crippen molar-refractivity contribution < 1.29 is 4.79 Å². The summed E-state index contributed by atoms with van der Waals surface area (Å²) in [6.07, 6.45) is 4.74. The Morgan fingerprint density at radius 2 is 2.04 bits per heavy atom. The Labute approximate surface area is 153 Å². The van der Waals surface area contributed by atoms with Crippen molar-refractivity contribution in [1.82, 2.24) is 24.6 Å². The lowest BCUT2D eigenvalue weighted by Gasteiger charge is -2.26. The van der Waals surface area contributed by atoms with Crippen molar-refractivity contribution in [2.24, 2.45) is 13.0 Å². The molecule has 0 radical (unpaired) electrons. The monoisotopic (exact) mass is 354 g/mol. The van der Waals surface area contributed by atoms with E-state index in [0.717, 1.165) is 23.0 Å². The summed E-state index contributed by atoms with van der Waals surface area (Å²) in [4.78, 5) is 23.3. The van der Waals surface area contributed by atoms with Crippen LogP contribution < -0.4 is 5.32 Å². The first kappa shape index (κ1) is 17.0. The van der Waals surface area contributed by atoms with E-state index in [1.807, 2.05) is 42.9 Å². The molecule has 2 aromatic rings. The van der Waals surface area contributed by atoms with Crippen molar-refractivity contribution in [3.05, 3.63) is 35.0 Å². The second-order valence-corrected chi connectivity index (χ2v) is 7.58. The van der Waals surface area contributed by atoms with Gasteiger partial charge < -0.3 is 10.2 Å². The molecule has 1 saturated carbocycles. The van der Waals surface area contributed by atoms with Crippen LogP contribution in [0.25, 0.3) is 0 Å². The zero-order valence-electron chi connectivity index (χ0n) is 15.9. The van der Waals surface area contributed by atoms with E-state index in [1.54, 1.807) is 0 Å². The van der Waals surface area contributed by atoms with E-state index in [9.17, 15) is 4.79 Å². The number of rotatable bonds is 5. The molecular formula is C19H26N6O. The number of aryl methyl sites for hydroxylation is 2. The van der Waals surface area contributed by atoms with E-state index in [1.165, 1.54) is 18.4 Å². The molecule has 2 fully saturated rings. The molecule has 4 rings (SSSR count). The van der Waals surface area contributed by atoms with E-state index < -0.39 is 0 Å². The Morgan fingerprint density at radius 3 is 2.69 bits per heavy atom. The van der Waals surface area contributed by atoms with Gasteiger partial charge in [-0.05, 0) is 32.8 Å². The van der Waals surface area contributed by atoms with Crippen LogP contribution in [0.1, 0.15) is 54.0 Å². The van der Waals surface area contributed by atoms with Crippen molar-refractivity contribution in [3.63, 3.8) is 0 Å². The average Bonchev–Trinajstić information content (AvgIpc) is 3.39. The third-order valence-corrected chi connectivity index (χ3v) is 5.72. The number of nitrogens with zero attached hydrogens (tertiary/aromatic N) is 5. The molecule has 0 aromatic carbocycles. The summed E-state index contributed by atoms with van der Waals surface area (Å²) < 4.78 is 1.90. The fourth-order valence-corrected chi connectivity index (χ4v) is 4.03. The molecular weight excluding hydrogens is 328 g/mol. The van der Waals surface area contributed by atoms with Crippen LogP contribution in [0.4, 0.5) is 5.82 Å². The maximum Gasteiger partial charge on any atom is 0.223 e. The second-order valence-electron chi connectivity index (χ2n) is 7.58. The number of amides is 1. The number of hydrogen-bond acceptors (Lipinski definition) is 5. The minimum atomic E-state index is 0.0495. The molecule has 0 unspecified atom stereocenters. The van der Waals surface area contributed by atoms with Gasteiger partial charge in [0.1, 0.15) is 11.6 Å². The molecule has 1 N–H and O–H groups in total. The lowest BCUT2D eigenvalue weighted by atomic mass is 9.92. The second kappa shape index (κ2) is 6.37. The number of carbonyl (C=O) groups is 1. The smallest absolute Gasteiger partial charge is 0.223 e. The van der Waals surface area contributed by atoms with Crippen LogP contribution in [0.2, 0.25) is 0 Å².